The molecule has 1 N–H and O–H groups in total. The summed E-state index contributed by atoms with van der Waals surface area (Å²) >= 11 is 0. The minimum absolute atomic E-state index is 0.265. The highest BCUT2D eigenvalue weighted by molar-refractivity contribution is 5.82. The van der Waals surface area contributed by atoms with Crippen molar-refractivity contribution >= 4 is 11.0 Å². The van der Waals surface area contributed by atoms with Gasteiger partial charge in [-0.2, -0.15) is 0 Å². The lowest BCUT2D eigenvalue weighted by Gasteiger charge is -2.04. The molecule has 0 aliphatic rings. The van der Waals surface area contributed by atoms with Crippen LogP contribution < -0.4 is 5.32 Å². The normalized spacial score (nSPS) is 11.1. The van der Waals surface area contributed by atoms with Crippen LogP contribution in [-0.2, 0) is 6.54 Å². The van der Waals surface area contributed by atoms with Crippen molar-refractivity contribution in [3.63, 3.8) is 0 Å². The van der Waals surface area contributed by atoms with Gasteiger partial charge in [0.2, 0.25) is 0 Å². The van der Waals surface area contributed by atoms with Gasteiger partial charge in [-0.05, 0) is 36.9 Å². The first kappa shape index (κ1) is 11.9. The fourth-order valence-corrected chi connectivity index (χ4v) is 2.19. The maximum absolute atomic E-state index is 13.9. The van der Waals surface area contributed by atoms with E-state index in [9.17, 15) is 4.39 Å². The van der Waals surface area contributed by atoms with Crippen molar-refractivity contribution in [2.75, 3.05) is 7.05 Å². The molecular formula is C16H14FNO. The molecule has 1 aromatic heterocycles. The van der Waals surface area contributed by atoms with Gasteiger partial charge in [-0.1, -0.05) is 24.3 Å². The van der Waals surface area contributed by atoms with Gasteiger partial charge in [-0.25, -0.2) is 4.39 Å². The van der Waals surface area contributed by atoms with Crippen LogP contribution in [0.15, 0.2) is 52.9 Å². The number of halogens is 1. The smallest absolute Gasteiger partial charge is 0.138 e. The summed E-state index contributed by atoms with van der Waals surface area (Å²) in [6.45, 7) is 0.702. The third kappa shape index (κ3) is 2.25. The summed E-state index contributed by atoms with van der Waals surface area (Å²) in [5.74, 6) is 0.301. The highest BCUT2D eigenvalue weighted by atomic mass is 19.1. The Bertz CT molecular complexity index is 685. The third-order valence-corrected chi connectivity index (χ3v) is 3.10. The molecule has 1 heterocycles. The first-order valence-electron chi connectivity index (χ1n) is 6.20. The number of hydrogen-bond acceptors (Lipinski definition) is 2. The van der Waals surface area contributed by atoms with Gasteiger partial charge < -0.3 is 9.73 Å². The molecule has 3 aromatic rings. The third-order valence-electron chi connectivity index (χ3n) is 3.10. The van der Waals surface area contributed by atoms with Crippen molar-refractivity contribution < 1.29 is 8.81 Å². The molecule has 0 bridgehead atoms. The van der Waals surface area contributed by atoms with Gasteiger partial charge in [0.1, 0.15) is 17.2 Å². The van der Waals surface area contributed by atoms with E-state index in [1.807, 2.05) is 43.4 Å². The van der Waals surface area contributed by atoms with Crippen LogP contribution in [0.3, 0.4) is 0 Å². The molecule has 0 saturated heterocycles. The standard InChI is InChI=1S/C16H14FNO/c1-18-10-11-6-7-14(17)13(8-11)16-9-12-4-2-3-5-15(12)19-16/h2-9,18H,10H2,1H3. The molecule has 0 aliphatic carbocycles. The van der Waals surface area contributed by atoms with Gasteiger partial charge >= 0.3 is 0 Å². The first-order chi connectivity index (χ1) is 9.28. The molecule has 0 aliphatic heterocycles. The van der Waals surface area contributed by atoms with Crippen molar-refractivity contribution in [2.45, 2.75) is 6.54 Å². The summed E-state index contributed by atoms with van der Waals surface area (Å²) in [6.07, 6.45) is 0. The lowest BCUT2D eigenvalue weighted by molar-refractivity contribution is 0.600. The Morgan fingerprint density at radius 1 is 1.11 bits per heavy atom. The Morgan fingerprint density at radius 2 is 1.95 bits per heavy atom. The van der Waals surface area contributed by atoms with Gasteiger partial charge in [0, 0.05) is 11.9 Å². The van der Waals surface area contributed by atoms with Crippen LogP contribution in [0.25, 0.3) is 22.3 Å². The molecule has 0 atom stereocenters. The Morgan fingerprint density at radius 3 is 2.74 bits per heavy atom. The van der Waals surface area contributed by atoms with Crippen molar-refractivity contribution in [2.24, 2.45) is 0 Å². The van der Waals surface area contributed by atoms with Crippen LogP contribution in [0.2, 0.25) is 0 Å². The van der Waals surface area contributed by atoms with E-state index in [1.165, 1.54) is 6.07 Å². The highest BCUT2D eigenvalue weighted by Crippen LogP contribution is 2.30. The van der Waals surface area contributed by atoms with E-state index in [4.69, 9.17) is 4.42 Å². The number of benzene rings is 2. The molecular weight excluding hydrogens is 241 g/mol. The lowest BCUT2D eigenvalue weighted by atomic mass is 10.1. The molecule has 0 fully saturated rings. The molecule has 96 valence electrons. The monoisotopic (exact) mass is 255 g/mol. The second-order valence-corrected chi connectivity index (χ2v) is 4.49. The summed E-state index contributed by atoms with van der Waals surface area (Å²) in [6, 6.07) is 14.6. The number of hydrogen-bond donors (Lipinski definition) is 1. The molecule has 2 aromatic carbocycles. The Balaban J connectivity index is 2.11. The number of furan rings is 1. The molecule has 19 heavy (non-hydrogen) atoms. The lowest BCUT2D eigenvalue weighted by Crippen LogP contribution is -2.05. The quantitative estimate of drug-likeness (QED) is 0.766. The molecule has 2 nitrogen and oxygen atoms in total. The Kier molecular flexibility index (Phi) is 3.05. The molecule has 0 radical (unpaired) electrons. The summed E-state index contributed by atoms with van der Waals surface area (Å²) < 4.78 is 19.7. The minimum atomic E-state index is -0.265. The van der Waals surface area contributed by atoms with Gasteiger partial charge in [-0.15, -0.1) is 0 Å². The largest absolute Gasteiger partial charge is 0.456 e. The van der Waals surface area contributed by atoms with Crippen LogP contribution in [0.1, 0.15) is 5.56 Å². The predicted octanol–water partition coefficient (Wildman–Crippen LogP) is 3.96. The van der Waals surface area contributed by atoms with E-state index in [0.717, 1.165) is 16.5 Å². The van der Waals surface area contributed by atoms with E-state index in [2.05, 4.69) is 5.32 Å². The second-order valence-electron chi connectivity index (χ2n) is 4.49. The van der Waals surface area contributed by atoms with E-state index < -0.39 is 0 Å². The fraction of sp³-hybridized carbons (Fsp3) is 0.125. The highest BCUT2D eigenvalue weighted by Gasteiger charge is 2.11. The SMILES string of the molecule is CNCc1ccc(F)c(-c2cc3ccccc3o2)c1. The van der Waals surface area contributed by atoms with Crippen LogP contribution >= 0.6 is 0 Å². The van der Waals surface area contributed by atoms with Crippen LogP contribution in [0, 0.1) is 5.82 Å². The van der Waals surface area contributed by atoms with E-state index >= 15 is 0 Å². The van der Waals surface area contributed by atoms with Crippen LogP contribution in [0.4, 0.5) is 4.39 Å². The Hall–Kier alpha value is -2.13. The fourth-order valence-electron chi connectivity index (χ4n) is 2.19. The second kappa shape index (κ2) is 4.86. The van der Waals surface area contributed by atoms with Crippen molar-refractivity contribution in [3.05, 3.63) is 59.9 Å². The molecule has 3 rings (SSSR count). The topological polar surface area (TPSA) is 25.2 Å². The van der Waals surface area contributed by atoms with Gasteiger partial charge in [0.05, 0.1) is 5.56 Å². The zero-order valence-electron chi connectivity index (χ0n) is 10.6. The van der Waals surface area contributed by atoms with Gasteiger partial charge in [0.15, 0.2) is 0 Å². The average Bonchev–Trinajstić information content (AvgIpc) is 2.85. The Labute approximate surface area is 110 Å². The molecule has 0 unspecified atom stereocenters. The summed E-state index contributed by atoms with van der Waals surface area (Å²) in [5, 5.41) is 4.04. The predicted molar refractivity (Wildman–Crippen MR) is 74.4 cm³/mol. The van der Waals surface area contributed by atoms with Crippen molar-refractivity contribution in [1.29, 1.82) is 0 Å². The van der Waals surface area contributed by atoms with Crippen molar-refractivity contribution in [3.8, 4) is 11.3 Å². The number of para-hydroxylation sites is 1. The van der Waals surface area contributed by atoms with E-state index in [-0.39, 0.29) is 5.82 Å². The molecule has 0 spiro atoms. The van der Waals surface area contributed by atoms with E-state index in [1.54, 1.807) is 6.07 Å². The zero-order valence-corrected chi connectivity index (χ0v) is 10.6. The molecule has 3 heteroatoms. The number of nitrogens with one attached hydrogen (secondary N) is 1. The van der Waals surface area contributed by atoms with Gasteiger partial charge in [-0.3, -0.25) is 0 Å². The molecule has 0 amide bonds. The maximum Gasteiger partial charge on any atom is 0.138 e. The number of fused-ring (bicyclic) bond motifs is 1. The molecule has 0 saturated carbocycles. The van der Waals surface area contributed by atoms with Gasteiger partial charge in [0.25, 0.3) is 0 Å². The number of rotatable bonds is 3. The average molecular weight is 255 g/mol. The summed E-state index contributed by atoms with van der Waals surface area (Å²) in [7, 11) is 1.87. The van der Waals surface area contributed by atoms with Crippen LogP contribution in [-0.4, -0.2) is 7.05 Å². The minimum Gasteiger partial charge on any atom is -0.456 e. The summed E-state index contributed by atoms with van der Waals surface area (Å²) in [5.41, 5.74) is 2.30. The zero-order chi connectivity index (χ0) is 13.2. The summed E-state index contributed by atoms with van der Waals surface area (Å²) in [4.78, 5) is 0. The maximum atomic E-state index is 13.9. The van der Waals surface area contributed by atoms with E-state index in [0.29, 0.717) is 17.9 Å². The first-order valence-corrected chi connectivity index (χ1v) is 6.20. The van der Waals surface area contributed by atoms with Crippen LogP contribution in [0.5, 0.6) is 0 Å². The van der Waals surface area contributed by atoms with Crippen molar-refractivity contribution in [1.82, 2.24) is 5.32 Å².